The molecule has 0 aromatic heterocycles. The lowest BCUT2D eigenvalue weighted by Gasteiger charge is -2.29. The van der Waals surface area contributed by atoms with E-state index in [9.17, 15) is 14.4 Å². The van der Waals surface area contributed by atoms with Gasteiger partial charge < -0.3 is 15.1 Å². The first kappa shape index (κ1) is 19.5. The van der Waals surface area contributed by atoms with Crippen LogP contribution in [0.3, 0.4) is 0 Å². The molecule has 2 heterocycles. The first-order chi connectivity index (χ1) is 14.0. The number of halogens is 1. The second kappa shape index (κ2) is 8.25. The zero-order valence-corrected chi connectivity index (χ0v) is 16.7. The number of hydrogen-bond acceptors (Lipinski definition) is 3. The summed E-state index contributed by atoms with van der Waals surface area (Å²) in [5.41, 5.74) is 2.75. The van der Waals surface area contributed by atoms with Crippen LogP contribution in [0.15, 0.2) is 48.5 Å². The van der Waals surface area contributed by atoms with Crippen LogP contribution in [0.25, 0.3) is 0 Å². The molecule has 3 amide bonds. The third-order valence-electron chi connectivity index (χ3n) is 5.44. The highest BCUT2D eigenvalue weighted by Gasteiger charge is 2.35. The third kappa shape index (κ3) is 4.12. The van der Waals surface area contributed by atoms with Crippen molar-refractivity contribution in [2.75, 3.05) is 29.4 Å². The fourth-order valence-electron chi connectivity index (χ4n) is 3.97. The van der Waals surface area contributed by atoms with E-state index in [1.165, 1.54) is 0 Å². The normalized spacial score (nSPS) is 18.5. The van der Waals surface area contributed by atoms with Crippen molar-refractivity contribution < 1.29 is 14.4 Å². The number of nitrogens with one attached hydrogen (secondary N) is 1. The minimum atomic E-state index is -0.483. The van der Waals surface area contributed by atoms with Crippen LogP contribution < -0.4 is 15.1 Å². The van der Waals surface area contributed by atoms with Gasteiger partial charge in [-0.15, -0.1) is 0 Å². The SMILES string of the molecule is O=C(NCC(=O)N1CCCc2ccccc21)[C@@H]1CC(=O)N(c2cccc(Cl)c2)C1. The zero-order chi connectivity index (χ0) is 20.4. The molecule has 150 valence electrons. The Morgan fingerprint density at radius 1 is 1.14 bits per heavy atom. The molecule has 1 fully saturated rings. The Hall–Kier alpha value is -2.86. The predicted molar refractivity (Wildman–Crippen MR) is 112 cm³/mol. The molecule has 7 heteroatoms. The molecule has 29 heavy (non-hydrogen) atoms. The average Bonchev–Trinajstić information content (AvgIpc) is 3.13. The highest BCUT2D eigenvalue weighted by atomic mass is 35.5. The van der Waals surface area contributed by atoms with E-state index in [0.717, 1.165) is 24.1 Å². The summed E-state index contributed by atoms with van der Waals surface area (Å²) in [7, 11) is 0. The van der Waals surface area contributed by atoms with Crippen molar-refractivity contribution in [3.8, 4) is 0 Å². The van der Waals surface area contributed by atoms with Crippen LogP contribution in [0, 0.1) is 5.92 Å². The minimum Gasteiger partial charge on any atom is -0.347 e. The lowest BCUT2D eigenvalue weighted by molar-refractivity contribution is -0.128. The van der Waals surface area contributed by atoms with Gasteiger partial charge in [0.1, 0.15) is 0 Å². The second-order valence-corrected chi connectivity index (χ2v) is 7.82. The van der Waals surface area contributed by atoms with Gasteiger partial charge in [0.05, 0.1) is 12.5 Å². The van der Waals surface area contributed by atoms with Gasteiger partial charge in [0.15, 0.2) is 0 Å². The van der Waals surface area contributed by atoms with Crippen molar-refractivity contribution in [3.05, 3.63) is 59.1 Å². The average molecular weight is 412 g/mol. The number of nitrogens with zero attached hydrogens (tertiary/aromatic N) is 2. The molecule has 4 rings (SSSR count). The van der Waals surface area contributed by atoms with Crippen LogP contribution in [-0.4, -0.2) is 37.4 Å². The Balaban J connectivity index is 1.36. The van der Waals surface area contributed by atoms with Crippen LogP contribution in [0.5, 0.6) is 0 Å². The van der Waals surface area contributed by atoms with Crippen LogP contribution in [0.4, 0.5) is 11.4 Å². The van der Waals surface area contributed by atoms with Crippen LogP contribution in [-0.2, 0) is 20.8 Å². The van der Waals surface area contributed by atoms with E-state index < -0.39 is 5.92 Å². The highest BCUT2D eigenvalue weighted by molar-refractivity contribution is 6.31. The van der Waals surface area contributed by atoms with Crippen molar-refractivity contribution in [1.29, 1.82) is 0 Å². The topological polar surface area (TPSA) is 69.7 Å². The van der Waals surface area contributed by atoms with Gasteiger partial charge in [-0.2, -0.15) is 0 Å². The van der Waals surface area contributed by atoms with Crippen molar-refractivity contribution >= 4 is 40.7 Å². The molecule has 1 atom stereocenters. The molecule has 0 radical (unpaired) electrons. The zero-order valence-electron chi connectivity index (χ0n) is 15.9. The molecule has 2 aromatic carbocycles. The van der Waals surface area contributed by atoms with Crippen LogP contribution in [0.1, 0.15) is 18.4 Å². The molecule has 1 N–H and O–H groups in total. The van der Waals surface area contributed by atoms with Crippen LogP contribution >= 0.6 is 11.6 Å². The maximum Gasteiger partial charge on any atom is 0.246 e. The van der Waals surface area contributed by atoms with E-state index in [4.69, 9.17) is 11.6 Å². The Morgan fingerprint density at radius 3 is 2.79 bits per heavy atom. The minimum absolute atomic E-state index is 0.0744. The Bertz CT molecular complexity index is 962. The fraction of sp³-hybridized carbons (Fsp3) is 0.318. The number of hydrogen-bond donors (Lipinski definition) is 1. The first-order valence-corrected chi connectivity index (χ1v) is 10.1. The number of carbonyl (C=O) groups excluding carboxylic acids is 3. The van der Waals surface area contributed by atoms with Crippen LogP contribution in [0.2, 0.25) is 5.02 Å². The maximum absolute atomic E-state index is 12.7. The lowest BCUT2D eigenvalue weighted by atomic mass is 10.0. The molecule has 2 aromatic rings. The molecule has 2 aliphatic heterocycles. The van der Waals surface area contributed by atoms with Gasteiger partial charge in [0.2, 0.25) is 17.7 Å². The highest BCUT2D eigenvalue weighted by Crippen LogP contribution is 2.28. The van der Waals surface area contributed by atoms with Gasteiger partial charge in [0, 0.05) is 35.9 Å². The lowest BCUT2D eigenvalue weighted by Crippen LogP contribution is -2.44. The van der Waals surface area contributed by atoms with Gasteiger partial charge in [-0.3, -0.25) is 14.4 Å². The smallest absolute Gasteiger partial charge is 0.246 e. The number of anilines is 2. The monoisotopic (exact) mass is 411 g/mol. The molecule has 6 nitrogen and oxygen atoms in total. The maximum atomic E-state index is 12.7. The molecule has 1 saturated heterocycles. The van der Waals surface area contributed by atoms with E-state index in [0.29, 0.717) is 17.3 Å². The van der Waals surface area contributed by atoms with E-state index >= 15 is 0 Å². The summed E-state index contributed by atoms with van der Waals surface area (Å²) in [5, 5.41) is 3.26. The van der Waals surface area contributed by atoms with Gasteiger partial charge in [-0.1, -0.05) is 35.9 Å². The summed E-state index contributed by atoms with van der Waals surface area (Å²) in [6.07, 6.45) is 1.98. The van der Waals surface area contributed by atoms with E-state index in [1.54, 1.807) is 34.1 Å². The summed E-state index contributed by atoms with van der Waals surface area (Å²) >= 11 is 6.00. The van der Waals surface area contributed by atoms with Gasteiger partial charge >= 0.3 is 0 Å². The summed E-state index contributed by atoms with van der Waals surface area (Å²) in [6.45, 7) is 0.858. The van der Waals surface area contributed by atoms with Gasteiger partial charge in [0.25, 0.3) is 0 Å². The number of para-hydroxylation sites is 1. The molecule has 0 unspecified atom stereocenters. The quantitative estimate of drug-likeness (QED) is 0.841. The van der Waals surface area contributed by atoms with E-state index in [1.807, 2.05) is 24.3 Å². The standard InChI is InChI=1S/C22H22ClN3O3/c23-17-7-3-8-18(12-17)26-14-16(11-20(26)27)22(29)24-13-21(28)25-10-4-6-15-5-1-2-9-19(15)25/h1-3,5,7-9,12,16H,4,6,10-11,13-14H2,(H,24,29)/t16-/m1/s1. The summed E-state index contributed by atoms with van der Waals surface area (Å²) in [5.74, 6) is -1.02. The summed E-state index contributed by atoms with van der Waals surface area (Å²) < 4.78 is 0. The summed E-state index contributed by atoms with van der Waals surface area (Å²) in [4.78, 5) is 40.9. The van der Waals surface area contributed by atoms with Crippen molar-refractivity contribution in [2.45, 2.75) is 19.3 Å². The van der Waals surface area contributed by atoms with Crippen molar-refractivity contribution in [1.82, 2.24) is 5.32 Å². The third-order valence-corrected chi connectivity index (χ3v) is 5.68. The molecule has 0 spiro atoms. The van der Waals surface area contributed by atoms with Crippen molar-refractivity contribution in [2.24, 2.45) is 5.92 Å². The molecule has 2 aliphatic rings. The Morgan fingerprint density at radius 2 is 1.97 bits per heavy atom. The summed E-state index contributed by atoms with van der Waals surface area (Å²) in [6, 6.07) is 14.9. The number of fused-ring (bicyclic) bond motifs is 1. The Labute approximate surface area is 174 Å². The fourth-order valence-corrected chi connectivity index (χ4v) is 4.16. The molecule has 0 saturated carbocycles. The predicted octanol–water partition coefficient (Wildman–Crippen LogP) is 2.79. The van der Waals surface area contributed by atoms with Gasteiger partial charge in [-0.05, 0) is 42.7 Å². The van der Waals surface area contributed by atoms with Gasteiger partial charge in [-0.25, -0.2) is 0 Å². The molecule has 0 aliphatic carbocycles. The number of amides is 3. The molecular formula is C22H22ClN3O3. The van der Waals surface area contributed by atoms with E-state index in [-0.39, 0.29) is 37.2 Å². The number of rotatable bonds is 4. The number of carbonyl (C=O) groups is 3. The molecular weight excluding hydrogens is 390 g/mol. The number of aryl methyl sites for hydroxylation is 1. The Kier molecular flexibility index (Phi) is 5.53. The van der Waals surface area contributed by atoms with Crippen molar-refractivity contribution in [3.63, 3.8) is 0 Å². The second-order valence-electron chi connectivity index (χ2n) is 7.38. The largest absolute Gasteiger partial charge is 0.347 e. The molecule has 0 bridgehead atoms. The number of benzene rings is 2. The van der Waals surface area contributed by atoms with E-state index in [2.05, 4.69) is 5.32 Å². The first-order valence-electron chi connectivity index (χ1n) is 9.75.